The first-order valence-electron chi connectivity index (χ1n) is 10.2. The maximum absolute atomic E-state index is 13.3. The minimum absolute atomic E-state index is 0.0624. The van der Waals surface area contributed by atoms with E-state index in [4.69, 9.17) is 0 Å². The zero-order valence-corrected chi connectivity index (χ0v) is 16.5. The average Bonchev–Trinajstić information content (AvgIpc) is 3.30. The van der Waals surface area contributed by atoms with E-state index < -0.39 is 41.2 Å². The average molecular weight is 417 g/mol. The van der Waals surface area contributed by atoms with E-state index in [1.54, 1.807) is 0 Å². The number of anilines is 1. The SMILES string of the molecule is O=C(O)CC1(CC(=O)N2CC[C@H]3NC(=O)N(c4ccc(F)cc4)C(=O)[C@@H]32)CCCC1. The zero-order valence-electron chi connectivity index (χ0n) is 16.5. The molecule has 3 aliphatic rings. The standard InChI is InChI=1S/C21H24FN3O5/c22-13-3-5-14(6-4-13)25-19(29)18-15(23-20(25)30)7-10-24(18)16(26)11-21(12-17(27)28)8-1-2-9-21/h3-6,15,18H,1-2,7-12H2,(H,23,30)(H,27,28)/t15-,18-/m1/s1. The molecule has 2 atom stereocenters. The van der Waals surface area contributed by atoms with E-state index in [0.717, 1.165) is 29.9 Å². The Labute approximate surface area is 173 Å². The maximum Gasteiger partial charge on any atom is 0.329 e. The Morgan fingerprint density at radius 2 is 1.80 bits per heavy atom. The van der Waals surface area contributed by atoms with Crippen LogP contribution in [0.1, 0.15) is 44.9 Å². The summed E-state index contributed by atoms with van der Waals surface area (Å²) in [7, 11) is 0. The van der Waals surface area contributed by atoms with Crippen LogP contribution < -0.4 is 10.2 Å². The molecular formula is C21H24FN3O5. The van der Waals surface area contributed by atoms with Crippen molar-refractivity contribution in [2.24, 2.45) is 5.41 Å². The van der Waals surface area contributed by atoms with Gasteiger partial charge in [0.05, 0.1) is 18.2 Å². The number of nitrogens with one attached hydrogen (secondary N) is 1. The minimum atomic E-state index is -0.924. The number of hydrogen-bond acceptors (Lipinski definition) is 4. The van der Waals surface area contributed by atoms with Crippen LogP contribution in [0.25, 0.3) is 0 Å². The van der Waals surface area contributed by atoms with Gasteiger partial charge in [0.2, 0.25) is 5.91 Å². The normalized spacial score (nSPS) is 25.2. The van der Waals surface area contributed by atoms with Crippen LogP contribution in [0, 0.1) is 11.2 Å². The van der Waals surface area contributed by atoms with Gasteiger partial charge >= 0.3 is 12.0 Å². The number of imide groups is 1. The highest BCUT2D eigenvalue weighted by Gasteiger charge is 2.51. The number of rotatable bonds is 5. The number of carbonyl (C=O) groups is 4. The van der Waals surface area contributed by atoms with Gasteiger partial charge in [-0.05, 0) is 48.9 Å². The first-order chi connectivity index (χ1) is 14.3. The Hall–Kier alpha value is -2.97. The van der Waals surface area contributed by atoms with Crippen molar-refractivity contribution in [3.63, 3.8) is 0 Å². The van der Waals surface area contributed by atoms with Gasteiger partial charge in [0, 0.05) is 13.0 Å². The molecule has 30 heavy (non-hydrogen) atoms. The van der Waals surface area contributed by atoms with Crippen LogP contribution in [0.15, 0.2) is 24.3 Å². The molecule has 160 valence electrons. The van der Waals surface area contributed by atoms with Gasteiger partial charge in [0.25, 0.3) is 5.91 Å². The van der Waals surface area contributed by atoms with E-state index in [1.165, 1.54) is 17.0 Å². The van der Waals surface area contributed by atoms with Crippen molar-refractivity contribution in [3.05, 3.63) is 30.1 Å². The van der Waals surface area contributed by atoms with E-state index in [9.17, 15) is 28.7 Å². The number of aliphatic carboxylic acids is 1. The molecular weight excluding hydrogens is 393 g/mol. The molecule has 2 aliphatic heterocycles. The number of nitrogens with zero attached hydrogens (tertiary/aromatic N) is 2. The van der Waals surface area contributed by atoms with Gasteiger partial charge in [-0.3, -0.25) is 14.4 Å². The summed E-state index contributed by atoms with van der Waals surface area (Å²) < 4.78 is 13.3. The number of carboxylic acid groups (broad SMARTS) is 1. The molecule has 1 aliphatic carbocycles. The van der Waals surface area contributed by atoms with Crippen molar-refractivity contribution < 1.29 is 28.7 Å². The highest BCUT2D eigenvalue weighted by Crippen LogP contribution is 2.45. The van der Waals surface area contributed by atoms with Crippen LogP contribution >= 0.6 is 0 Å². The molecule has 1 aromatic rings. The second kappa shape index (κ2) is 7.70. The van der Waals surface area contributed by atoms with E-state index in [1.807, 2.05) is 0 Å². The third-order valence-electron chi connectivity index (χ3n) is 6.51. The fraction of sp³-hybridized carbons (Fsp3) is 0.524. The van der Waals surface area contributed by atoms with Gasteiger partial charge in [-0.2, -0.15) is 0 Å². The molecule has 8 nitrogen and oxygen atoms in total. The topological polar surface area (TPSA) is 107 Å². The second-order valence-corrected chi connectivity index (χ2v) is 8.48. The van der Waals surface area contributed by atoms with Crippen LogP contribution in [-0.4, -0.2) is 52.4 Å². The van der Waals surface area contributed by atoms with Crippen molar-refractivity contribution >= 4 is 29.5 Å². The molecule has 9 heteroatoms. The molecule has 4 amide bonds. The number of fused-ring (bicyclic) bond motifs is 1. The Morgan fingerprint density at radius 3 is 2.43 bits per heavy atom. The molecule has 0 radical (unpaired) electrons. The Bertz CT molecular complexity index is 881. The molecule has 1 saturated carbocycles. The number of halogens is 1. The van der Waals surface area contributed by atoms with Gasteiger partial charge in [-0.15, -0.1) is 0 Å². The van der Waals surface area contributed by atoms with Crippen molar-refractivity contribution in [3.8, 4) is 0 Å². The number of hydrogen-bond donors (Lipinski definition) is 2. The molecule has 0 unspecified atom stereocenters. The fourth-order valence-corrected chi connectivity index (χ4v) is 5.10. The lowest BCUT2D eigenvalue weighted by molar-refractivity contribution is -0.143. The first kappa shape index (κ1) is 20.3. The Kier molecular flexibility index (Phi) is 5.21. The highest BCUT2D eigenvalue weighted by molar-refractivity contribution is 6.19. The van der Waals surface area contributed by atoms with E-state index in [2.05, 4.69) is 5.32 Å². The lowest BCUT2D eigenvalue weighted by Crippen LogP contribution is -2.65. The third-order valence-corrected chi connectivity index (χ3v) is 6.51. The predicted octanol–water partition coefficient (Wildman–Crippen LogP) is 2.28. The van der Waals surface area contributed by atoms with Gasteiger partial charge in [-0.25, -0.2) is 14.1 Å². The maximum atomic E-state index is 13.3. The Balaban J connectivity index is 1.55. The smallest absolute Gasteiger partial charge is 0.329 e. The summed E-state index contributed by atoms with van der Waals surface area (Å²) >= 11 is 0. The number of carbonyl (C=O) groups excluding carboxylic acids is 3. The number of carboxylic acids is 1. The van der Waals surface area contributed by atoms with Crippen molar-refractivity contribution in [1.82, 2.24) is 10.2 Å². The monoisotopic (exact) mass is 417 g/mol. The molecule has 0 aromatic heterocycles. The van der Waals surface area contributed by atoms with Crippen LogP contribution in [-0.2, 0) is 14.4 Å². The summed E-state index contributed by atoms with van der Waals surface area (Å²) in [6.07, 6.45) is 3.61. The Morgan fingerprint density at radius 1 is 1.13 bits per heavy atom. The zero-order chi connectivity index (χ0) is 21.5. The highest BCUT2D eigenvalue weighted by atomic mass is 19.1. The van der Waals surface area contributed by atoms with Crippen molar-refractivity contribution in [2.45, 2.75) is 57.0 Å². The van der Waals surface area contributed by atoms with Gasteiger partial charge in [0.15, 0.2) is 0 Å². The quantitative estimate of drug-likeness (QED) is 0.764. The largest absolute Gasteiger partial charge is 0.481 e. The lowest BCUT2D eigenvalue weighted by atomic mass is 9.79. The number of amides is 4. The molecule has 0 bridgehead atoms. The van der Waals surface area contributed by atoms with E-state index >= 15 is 0 Å². The van der Waals surface area contributed by atoms with Crippen LogP contribution in [0.4, 0.5) is 14.9 Å². The van der Waals surface area contributed by atoms with Crippen molar-refractivity contribution in [2.75, 3.05) is 11.4 Å². The summed E-state index contributed by atoms with van der Waals surface area (Å²) in [5, 5.41) is 12.1. The molecule has 2 N–H and O–H groups in total. The molecule has 4 rings (SSSR count). The van der Waals surface area contributed by atoms with E-state index in [0.29, 0.717) is 25.8 Å². The second-order valence-electron chi connectivity index (χ2n) is 8.48. The summed E-state index contributed by atoms with van der Waals surface area (Å²) in [6, 6.07) is 3.09. The summed E-state index contributed by atoms with van der Waals surface area (Å²) in [4.78, 5) is 52.6. The van der Waals surface area contributed by atoms with Crippen LogP contribution in [0.3, 0.4) is 0 Å². The van der Waals surface area contributed by atoms with Gasteiger partial charge in [-0.1, -0.05) is 12.8 Å². The molecule has 2 heterocycles. The van der Waals surface area contributed by atoms with Crippen LogP contribution in [0.2, 0.25) is 0 Å². The molecule has 0 spiro atoms. The van der Waals surface area contributed by atoms with Gasteiger partial charge < -0.3 is 15.3 Å². The van der Waals surface area contributed by atoms with Gasteiger partial charge in [0.1, 0.15) is 11.9 Å². The summed E-state index contributed by atoms with van der Waals surface area (Å²) in [5.74, 6) is -2.19. The van der Waals surface area contributed by atoms with Crippen molar-refractivity contribution in [1.29, 1.82) is 0 Å². The fourth-order valence-electron chi connectivity index (χ4n) is 5.10. The lowest BCUT2D eigenvalue weighted by Gasteiger charge is -2.38. The first-order valence-corrected chi connectivity index (χ1v) is 10.2. The summed E-state index contributed by atoms with van der Waals surface area (Å²) in [6.45, 7) is 0.320. The molecule has 1 aromatic carbocycles. The summed E-state index contributed by atoms with van der Waals surface area (Å²) in [5.41, 5.74) is -0.340. The number of benzene rings is 1. The van der Waals surface area contributed by atoms with Crippen LogP contribution in [0.5, 0.6) is 0 Å². The van der Waals surface area contributed by atoms with E-state index in [-0.39, 0.29) is 24.4 Å². The number of likely N-dealkylation sites (tertiary alicyclic amines) is 1. The molecule has 2 saturated heterocycles. The predicted molar refractivity (Wildman–Crippen MR) is 104 cm³/mol. The molecule has 3 fully saturated rings. The number of urea groups is 1. The minimum Gasteiger partial charge on any atom is -0.481 e. The third kappa shape index (κ3) is 3.64.